The third-order valence-corrected chi connectivity index (χ3v) is 5.33. The van der Waals surface area contributed by atoms with Crippen LogP contribution in [0.5, 0.6) is 5.75 Å². The summed E-state index contributed by atoms with van der Waals surface area (Å²) < 4.78 is 0. The standard InChI is InChI=1S/C25H44N6O4/c1-2-7-23(33)31-22(18-20-8-10-21(32)11-9-20)25(35)30-17-6-15-28-13-4-3-12-27-14-5-16-29-24(34)19-26/h8-11,22,27-28,32H,2-7,12-19,26H2,1H3,(H,29,34)(H,30,35)(H,31,33). The third-order valence-electron chi connectivity index (χ3n) is 5.33. The number of phenolic OH excluding ortho intramolecular Hbond substituents is 1. The number of benzene rings is 1. The Morgan fingerprint density at radius 1 is 0.829 bits per heavy atom. The molecule has 0 saturated carbocycles. The van der Waals surface area contributed by atoms with E-state index in [0.717, 1.165) is 63.8 Å². The van der Waals surface area contributed by atoms with E-state index in [1.54, 1.807) is 24.3 Å². The van der Waals surface area contributed by atoms with Crippen LogP contribution >= 0.6 is 0 Å². The second-order valence-electron chi connectivity index (χ2n) is 8.50. The maximum absolute atomic E-state index is 12.7. The van der Waals surface area contributed by atoms with Gasteiger partial charge in [0.15, 0.2) is 0 Å². The van der Waals surface area contributed by atoms with Crippen LogP contribution in [0.2, 0.25) is 0 Å². The van der Waals surface area contributed by atoms with Crippen LogP contribution in [0.3, 0.4) is 0 Å². The number of phenols is 1. The Labute approximate surface area is 209 Å². The molecule has 10 heteroatoms. The van der Waals surface area contributed by atoms with E-state index >= 15 is 0 Å². The van der Waals surface area contributed by atoms with Gasteiger partial charge in [0.25, 0.3) is 0 Å². The number of carbonyl (C=O) groups is 3. The lowest BCUT2D eigenvalue weighted by molar-refractivity contribution is -0.129. The van der Waals surface area contributed by atoms with Gasteiger partial charge >= 0.3 is 0 Å². The normalized spacial score (nSPS) is 11.6. The lowest BCUT2D eigenvalue weighted by atomic mass is 10.0. The minimum Gasteiger partial charge on any atom is -0.508 e. The van der Waals surface area contributed by atoms with Gasteiger partial charge in [-0.25, -0.2) is 0 Å². The Kier molecular flexibility index (Phi) is 17.0. The molecular formula is C25H44N6O4. The lowest BCUT2D eigenvalue weighted by Crippen LogP contribution is -2.48. The fourth-order valence-electron chi connectivity index (χ4n) is 3.38. The largest absolute Gasteiger partial charge is 0.508 e. The van der Waals surface area contributed by atoms with Crippen LogP contribution in [0.1, 0.15) is 51.0 Å². The molecule has 0 spiro atoms. The molecule has 1 unspecified atom stereocenters. The first-order valence-corrected chi connectivity index (χ1v) is 12.7. The van der Waals surface area contributed by atoms with Crippen molar-refractivity contribution in [3.8, 4) is 5.75 Å². The van der Waals surface area contributed by atoms with Gasteiger partial charge in [0.1, 0.15) is 11.8 Å². The van der Waals surface area contributed by atoms with E-state index in [0.29, 0.717) is 25.9 Å². The molecule has 0 aromatic heterocycles. The maximum Gasteiger partial charge on any atom is 0.242 e. The monoisotopic (exact) mass is 492 g/mol. The van der Waals surface area contributed by atoms with Gasteiger partial charge in [0, 0.05) is 25.9 Å². The van der Waals surface area contributed by atoms with Crippen LogP contribution in [0.25, 0.3) is 0 Å². The molecule has 0 heterocycles. The molecule has 198 valence electrons. The van der Waals surface area contributed by atoms with Crippen LogP contribution < -0.4 is 32.3 Å². The van der Waals surface area contributed by atoms with E-state index < -0.39 is 6.04 Å². The predicted molar refractivity (Wildman–Crippen MR) is 138 cm³/mol. The molecule has 8 N–H and O–H groups in total. The molecule has 10 nitrogen and oxygen atoms in total. The molecular weight excluding hydrogens is 448 g/mol. The SMILES string of the molecule is CCCC(=O)NC(Cc1ccc(O)cc1)C(=O)NCCCNCCCCNCCCNC(=O)CN. The Morgan fingerprint density at radius 3 is 1.97 bits per heavy atom. The molecule has 0 radical (unpaired) electrons. The number of hydrogen-bond donors (Lipinski definition) is 7. The minimum atomic E-state index is -0.643. The summed E-state index contributed by atoms with van der Waals surface area (Å²) in [4.78, 5) is 35.7. The number of hydrogen-bond acceptors (Lipinski definition) is 7. The van der Waals surface area contributed by atoms with E-state index in [9.17, 15) is 19.5 Å². The number of aromatic hydroxyl groups is 1. The summed E-state index contributed by atoms with van der Waals surface area (Å²) in [6, 6.07) is 6.01. The van der Waals surface area contributed by atoms with Crippen molar-refractivity contribution in [1.29, 1.82) is 0 Å². The van der Waals surface area contributed by atoms with Gasteiger partial charge in [0.05, 0.1) is 6.54 Å². The topological polar surface area (TPSA) is 158 Å². The minimum absolute atomic E-state index is 0.0333. The molecule has 0 saturated heterocycles. The highest BCUT2D eigenvalue weighted by Crippen LogP contribution is 2.11. The van der Waals surface area contributed by atoms with Crippen molar-refractivity contribution >= 4 is 17.7 Å². The molecule has 1 atom stereocenters. The van der Waals surface area contributed by atoms with Crippen molar-refractivity contribution in [3.63, 3.8) is 0 Å². The zero-order valence-electron chi connectivity index (χ0n) is 21.0. The van der Waals surface area contributed by atoms with Gasteiger partial charge in [-0.2, -0.15) is 0 Å². The fraction of sp³-hybridized carbons (Fsp3) is 0.640. The molecule has 1 rings (SSSR count). The molecule has 3 amide bonds. The van der Waals surface area contributed by atoms with Crippen LogP contribution in [-0.4, -0.2) is 74.7 Å². The number of nitrogens with two attached hydrogens (primary N) is 1. The molecule has 0 aliphatic carbocycles. The maximum atomic E-state index is 12.7. The van der Waals surface area contributed by atoms with E-state index in [2.05, 4.69) is 26.6 Å². The zero-order valence-corrected chi connectivity index (χ0v) is 21.0. The molecule has 35 heavy (non-hydrogen) atoms. The Morgan fingerprint density at radius 2 is 1.40 bits per heavy atom. The average molecular weight is 493 g/mol. The van der Waals surface area contributed by atoms with Crippen LogP contribution in [0.15, 0.2) is 24.3 Å². The summed E-state index contributed by atoms with van der Waals surface area (Å²) in [6.45, 7) is 6.66. The van der Waals surface area contributed by atoms with E-state index in [1.807, 2.05) is 6.92 Å². The van der Waals surface area contributed by atoms with Gasteiger partial charge < -0.3 is 37.4 Å². The van der Waals surface area contributed by atoms with Crippen LogP contribution in [0, 0.1) is 0 Å². The zero-order chi connectivity index (χ0) is 25.7. The first-order valence-electron chi connectivity index (χ1n) is 12.7. The highest BCUT2D eigenvalue weighted by Gasteiger charge is 2.20. The van der Waals surface area contributed by atoms with Crippen molar-refractivity contribution in [1.82, 2.24) is 26.6 Å². The van der Waals surface area contributed by atoms with E-state index in [-0.39, 0.29) is 30.0 Å². The summed E-state index contributed by atoms with van der Waals surface area (Å²) in [5.41, 5.74) is 6.10. The first kappa shape index (κ1) is 30.3. The van der Waals surface area contributed by atoms with Gasteiger partial charge in [-0.3, -0.25) is 14.4 Å². The lowest BCUT2D eigenvalue weighted by Gasteiger charge is -2.19. The van der Waals surface area contributed by atoms with Crippen molar-refractivity contribution in [2.45, 2.75) is 57.9 Å². The second kappa shape index (κ2) is 19.6. The van der Waals surface area contributed by atoms with Crippen molar-refractivity contribution in [2.24, 2.45) is 5.73 Å². The van der Waals surface area contributed by atoms with E-state index in [4.69, 9.17) is 5.73 Å². The van der Waals surface area contributed by atoms with Gasteiger partial charge in [0.2, 0.25) is 17.7 Å². The number of amides is 3. The Balaban J connectivity index is 2.13. The summed E-state index contributed by atoms with van der Waals surface area (Å²) in [6.07, 6.45) is 5.27. The molecule has 1 aromatic rings. The number of nitrogens with one attached hydrogen (secondary N) is 5. The second-order valence-corrected chi connectivity index (χ2v) is 8.50. The Bertz CT molecular complexity index is 729. The fourth-order valence-corrected chi connectivity index (χ4v) is 3.38. The van der Waals surface area contributed by atoms with Crippen LogP contribution in [-0.2, 0) is 20.8 Å². The first-order chi connectivity index (χ1) is 17.0. The van der Waals surface area contributed by atoms with Gasteiger partial charge in [-0.15, -0.1) is 0 Å². The summed E-state index contributed by atoms with van der Waals surface area (Å²) >= 11 is 0. The number of carbonyl (C=O) groups excluding carboxylic acids is 3. The third kappa shape index (κ3) is 15.8. The Hall–Kier alpha value is -2.69. The van der Waals surface area contributed by atoms with E-state index in [1.165, 1.54) is 0 Å². The summed E-state index contributed by atoms with van der Waals surface area (Å²) in [7, 11) is 0. The summed E-state index contributed by atoms with van der Waals surface area (Å²) in [5.74, 6) is -0.292. The molecule has 0 aliphatic rings. The number of unbranched alkanes of at least 4 members (excludes halogenated alkanes) is 1. The number of rotatable bonds is 20. The molecule has 0 fully saturated rings. The van der Waals surface area contributed by atoms with Gasteiger partial charge in [-0.1, -0.05) is 19.1 Å². The van der Waals surface area contributed by atoms with Crippen molar-refractivity contribution in [2.75, 3.05) is 45.8 Å². The quantitative estimate of drug-likeness (QED) is 0.128. The summed E-state index contributed by atoms with van der Waals surface area (Å²) in [5, 5.41) is 24.7. The average Bonchev–Trinajstić information content (AvgIpc) is 2.84. The predicted octanol–water partition coefficient (Wildman–Crippen LogP) is 0.150. The smallest absolute Gasteiger partial charge is 0.242 e. The highest BCUT2D eigenvalue weighted by molar-refractivity contribution is 5.87. The molecule has 1 aromatic carbocycles. The van der Waals surface area contributed by atoms with Crippen molar-refractivity contribution < 1.29 is 19.5 Å². The molecule has 0 bridgehead atoms. The van der Waals surface area contributed by atoms with Crippen molar-refractivity contribution in [3.05, 3.63) is 29.8 Å². The van der Waals surface area contributed by atoms with Gasteiger partial charge in [-0.05, 0) is 76.0 Å². The molecule has 0 aliphatic heterocycles. The van der Waals surface area contributed by atoms with Crippen LogP contribution in [0.4, 0.5) is 0 Å². The highest BCUT2D eigenvalue weighted by atomic mass is 16.3.